The SMILES string of the molecule is O=S1CCNC(c2ccccc2C(F)(F)F)C1. The number of benzene rings is 1. The van der Waals surface area contributed by atoms with Gasteiger partial charge in [-0.25, -0.2) is 0 Å². The van der Waals surface area contributed by atoms with E-state index in [1.54, 1.807) is 6.07 Å². The summed E-state index contributed by atoms with van der Waals surface area (Å²) in [6.07, 6.45) is -4.36. The predicted octanol–water partition coefficient (Wildman–Crippen LogP) is 2.10. The van der Waals surface area contributed by atoms with Gasteiger partial charge in [-0.2, -0.15) is 13.2 Å². The highest BCUT2D eigenvalue weighted by Gasteiger charge is 2.35. The molecule has 1 heterocycles. The zero-order chi connectivity index (χ0) is 12.5. The number of halogens is 3. The van der Waals surface area contributed by atoms with Crippen LogP contribution in [0.2, 0.25) is 0 Å². The second-order valence-electron chi connectivity index (χ2n) is 3.90. The summed E-state index contributed by atoms with van der Waals surface area (Å²) in [5, 5.41) is 2.99. The van der Waals surface area contributed by atoms with Crippen LogP contribution in [0.1, 0.15) is 17.2 Å². The fourth-order valence-corrected chi connectivity index (χ4v) is 3.12. The molecule has 2 unspecified atom stereocenters. The lowest BCUT2D eigenvalue weighted by Gasteiger charge is -2.26. The average Bonchev–Trinajstić information content (AvgIpc) is 2.28. The van der Waals surface area contributed by atoms with E-state index in [1.165, 1.54) is 12.1 Å². The zero-order valence-electron chi connectivity index (χ0n) is 8.96. The van der Waals surface area contributed by atoms with Gasteiger partial charge in [0.25, 0.3) is 0 Å². The van der Waals surface area contributed by atoms with E-state index < -0.39 is 28.6 Å². The number of hydrogen-bond acceptors (Lipinski definition) is 2. The van der Waals surface area contributed by atoms with Crippen molar-refractivity contribution in [1.29, 1.82) is 0 Å². The van der Waals surface area contributed by atoms with E-state index in [0.717, 1.165) is 6.07 Å². The zero-order valence-corrected chi connectivity index (χ0v) is 9.77. The van der Waals surface area contributed by atoms with Crippen molar-refractivity contribution in [1.82, 2.24) is 5.32 Å². The summed E-state index contributed by atoms with van der Waals surface area (Å²) in [6, 6.07) is 4.98. The Balaban J connectivity index is 2.34. The summed E-state index contributed by atoms with van der Waals surface area (Å²) in [6.45, 7) is 0.490. The molecule has 1 fully saturated rings. The second-order valence-corrected chi connectivity index (χ2v) is 5.52. The fourth-order valence-electron chi connectivity index (χ4n) is 1.93. The van der Waals surface area contributed by atoms with Gasteiger partial charge in [-0.1, -0.05) is 18.2 Å². The molecule has 94 valence electrons. The van der Waals surface area contributed by atoms with Gasteiger partial charge in [-0.15, -0.1) is 0 Å². The van der Waals surface area contributed by atoms with Gasteiger partial charge in [-0.3, -0.25) is 4.21 Å². The first-order chi connectivity index (χ1) is 7.98. The van der Waals surface area contributed by atoms with Crippen LogP contribution < -0.4 is 5.32 Å². The molecule has 0 radical (unpaired) electrons. The summed E-state index contributed by atoms with van der Waals surface area (Å²) in [5.41, 5.74) is -0.454. The Bertz CT molecular complexity index is 433. The molecule has 0 aromatic heterocycles. The minimum atomic E-state index is -4.36. The Morgan fingerprint density at radius 1 is 1.29 bits per heavy atom. The quantitative estimate of drug-likeness (QED) is 0.840. The molecule has 0 aliphatic carbocycles. The third-order valence-electron chi connectivity index (χ3n) is 2.71. The first-order valence-corrected chi connectivity index (χ1v) is 6.72. The molecule has 1 aromatic carbocycles. The Labute approximate surface area is 99.7 Å². The summed E-state index contributed by atoms with van der Waals surface area (Å²) in [5.74, 6) is 0.748. The molecule has 2 rings (SSSR count). The van der Waals surface area contributed by atoms with Gasteiger partial charge in [0, 0.05) is 34.9 Å². The molecule has 0 spiro atoms. The molecule has 1 aliphatic heterocycles. The predicted molar refractivity (Wildman–Crippen MR) is 60.1 cm³/mol. The first kappa shape index (κ1) is 12.6. The van der Waals surface area contributed by atoms with Crippen molar-refractivity contribution in [3.8, 4) is 0 Å². The number of nitrogens with one attached hydrogen (secondary N) is 1. The van der Waals surface area contributed by atoms with Gasteiger partial charge < -0.3 is 5.32 Å². The highest BCUT2D eigenvalue weighted by Crippen LogP contribution is 2.35. The van der Waals surface area contributed by atoms with Crippen LogP contribution in [0.5, 0.6) is 0 Å². The van der Waals surface area contributed by atoms with Crippen molar-refractivity contribution in [3.63, 3.8) is 0 Å². The maximum atomic E-state index is 12.8. The summed E-state index contributed by atoms with van der Waals surface area (Å²) in [4.78, 5) is 0. The molecule has 0 bridgehead atoms. The van der Waals surface area contributed by atoms with E-state index in [0.29, 0.717) is 12.3 Å². The average molecular weight is 263 g/mol. The van der Waals surface area contributed by atoms with Gasteiger partial charge in [0.05, 0.1) is 5.56 Å². The lowest BCUT2D eigenvalue weighted by Crippen LogP contribution is -2.37. The number of hydrogen-bond donors (Lipinski definition) is 1. The first-order valence-electron chi connectivity index (χ1n) is 5.23. The van der Waals surface area contributed by atoms with Crippen molar-refractivity contribution < 1.29 is 17.4 Å². The fraction of sp³-hybridized carbons (Fsp3) is 0.455. The second kappa shape index (κ2) is 4.78. The summed E-state index contributed by atoms with van der Waals surface area (Å²) >= 11 is 0. The van der Waals surface area contributed by atoms with Crippen LogP contribution in [0, 0.1) is 0 Å². The number of alkyl halides is 3. The Kier molecular flexibility index (Phi) is 3.53. The molecule has 2 atom stereocenters. The van der Waals surface area contributed by atoms with E-state index in [2.05, 4.69) is 5.32 Å². The Hall–Kier alpha value is -0.880. The van der Waals surface area contributed by atoms with E-state index in [4.69, 9.17) is 0 Å². The largest absolute Gasteiger partial charge is 0.416 e. The Morgan fingerprint density at radius 2 is 2.00 bits per heavy atom. The third kappa shape index (κ3) is 2.87. The Morgan fingerprint density at radius 3 is 2.65 bits per heavy atom. The van der Waals surface area contributed by atoms with Gasteiger partial charge >= 0.3 is 6.18 Å². The maximum absolute atomic E-state index is 12.8. The van der Waals surface area contributed by atoms with E-state index in [-0.39, 0.29) is 11.3 Å². The minimum absolute atomic E-state index is 0.188. The standard InChI is InChI=1S/C11H12F3NOS/c12-11(13,14)9-4-2-1-3-8(9)10-7-17(16)6-5-15-10/h1-4,10,15H,5-7H2. The molecule has 0 amide bonds. The molecule has 0 saturated carbocycles. The maximum Gasteiger partial charge on any atom is 0.416 e. The van der Waals surface area contributed by atoms with E-state index >= 15 is 0 Å². The smallest absolute Gasteiger partial charge is 0.308 e. The van der Waals surface area contributed by atoms with Crippen molar-refractivity contribution in [3.05, 3.63) is 35.4 Å². The van der Waals surface area contributed by atoms with Gasteiger partial charge in [0.2, 0.25) is 0 Å². The number of rotatable bonds is 1. The van der Waals surface area contributed by atoms with Gasteiger partial charge in [0.1, 0.15) is 0 Å². The molecule has 2 nitrogen and oxygen atoms in total. The minimum Gasteiger partial charge on any atom is -0.308 e. The summed E-state index contributed by atoms with van der Waals surface area (Å²) < 4.78 is 49.8. The molecular weight excluding hydrogens is 251 g/mol. The summed E-state index contributed by atoms with van der Waals surface area (Å²) in [7, 11) is -1.04. The van der Waals surface area contributed by atoms with Crippen molar-refractivity contribution in [2.24, 2.45) is 0 Å². The van der Waals surface area contributed by atoms with Crippen LogP contribution >= 0.6 is 0 Å². The van der Waals surface area contributed by atoms with Gasteiger partial charge in [-0.05, 0) is 11.6 Å². The molecular formula is C11H12F3NOS. The van der Waals surface area contributed by atoms with Crippen LogP contribution in [-0.2, 0) is 17.0 Å². The van der Waals surface area contributed by atoms with Crippen LogP contribution in [0.25, 0.3) is 0 Å². The lowest BCUT2D eigenvalue weighted by atomic mass is 10.0. The van der Waals surface area contributed by atoms with Crippen molar-refractivity contribution in [2.45, 2.75) is 12.2 Å². The van der Waals surface area contributed by atoms with Crippen molar-refractivity contribution in [2.75, 3.05) is 18.1 Å². The van der Waals surface area contributed by atoms with E-state index in [1.807, 2.05) is 0 Å². The normalized spacial score (nSPS) is 25.8. The van der Waals surface area contributed by atoms with Crippen LogP contribution in [0.4, 0.5) is 13.2 Å². The molecule has 6 heteroatoms. The van der Waals surface area contributed by atoms with Crippen LogP contribution in [0.15, 0.2) is 24.3 Å². The molecule has 1 saturated heterocycles. The van der Waals surface area contributed by atoms with Crippen LogP contribution in [-0.4, -0.2) is 22.3 Å². The van der Waals surface area contributed by atoms with Gasteiger partial charge in [0.15, 0.2) is 0 Å². The highest BCUT2D eigenvalue weighted by atomic mass is 32.2. The van der Waals surface area contributed by atoms with Crippen LogP contribution in [0.3, 0.4) is 0 Å². The van der Waals surface area contributed by atoms with Crippen molar-refractivity contribution >= 4 is 10.8 Å². The molecule has 1 N–H and O–H groups in total. The molecule has 1 aliphatic rings. The third-order valence-corrected chi connectivity index (χ3v) is 4.08. The molecule has 1 aromatic rings. The highest BCUT2D eigenvalue weighted by molar-refractivity contribution is 7.85. The lowest BCUT2D eigenvalue weighted by molar-refractivity contribution is -0.138. The topological polar surface area (TPSA) is 29.1 Å². The molecule has 17 heavy (non-hydrogen) atoms. The monoisotopic (exact) mass is 263 g/mol. The van der Waals surface area contributed by atoms with E-state index in [9.17, 15) is 17.4 Å².